The van der Waals surface area contributed by atoms with Crippen molar-refractivity contribution in [2.45, 2.75) is 13.8 Å². The molecule has 1 aromatic heterocycles. The van der Waals surface area contributed by atoms with Crippen molar-refractivity contribution in [1.29, 1.82) is 0 Å². The van der Waals surface area contributed by atoms with Crippen LogP contribution < -0.4 is 4.74 Å². The van der Waals surface area contributed by atoms with Crippen LogP contribution in [0.25, 0.3) is 11.4 Å². The summed E-state index contributed by atoms with van der Waals surface area (Å²) < 4.78 is 7.29. The first-order valence-corrected chi connectivity index (χ1v) is 8.25. The highest BCUT2D eigenvalue weighted by molar-refractivity contribution is 7.71. The SMILES string of the molecule is CCOc1cccc(/C=N\n2c(-c3ccccc3C)n[nH]c2=S)c1O. The fourth-order valence-electron chi connectivity index (χ4n) is 2.43. The van der Waals surface area contributed by atoms with Crippen molar-refractivity contribution >= 4 is 18.4 Å². The molecule has 0 radical (unpaired) electrons. The largest absolute Gasteiger partial charge is 0.504 e. The van der Waals surface area contributed by atoms with Gasteiger partial charge in [0.05, 0.1) is 12.8 Å². The number of aromatic nitrogens is 3. The molecule has 0 aliphatic carbocycles. The van der Waals surface area contributed by atoms with Crippen LogP contribution >= 0.6 is 12.2 Å². The summed E-state index contributed by atoms with van der Waals surface area (Å²) in [4.78, 5) is 0. The third-order valence-electron chi connectivity index (χ3n) is 3.68. The summed E-state index contributed by atoms with van der Waals surface area (Å²) in [6.07, 6.45) is 1.53. The van der Waals surface area contributed by atoms with Crippen molar-refractivity contribution < 1.29 is 9.84 Å². The Kier molecular flexibility index (Phi) is 4.95. The molecule has 0 fully saturated rings. The first-order valence-electron chi connectivity index (χ1n) is 7.84. The molecule has 128 valence electrons. The second-order valence-electron chi connectivity index (χ2n) is 5.35. The van der Waals surface area contributed by atoms with Gasteiger partial charge in [0.2, 0.25) is 4.77 Å². The average Bonchev–Trinajstić information content (AvgIpc) is 2.97. The molecular weight excluding hydrogens is 336 g/mol. The highest BCUT2D eigenvalue weighted by atomic mass is 32.1. The molecule has 6 nitrogen and oxygen atoms in total. The van der Waals surface area contributed by atoms with Crippen LogP contribution in [0.5, 0.6) is 11.5 Å². The summed E-state index contributed by atoms with van der Waals surface area (Å²) in [5.74, 6) is 1.07. The van der Waals surface area contributed by atoms with Gasteiger partial charge in [0, 0.05) is 11.1 Å². The summed E-state index contributed by atoms with van der Waals surface area (Å²) >= 11 is 5.28. The van der Waals surface area contributed by atoms with Gasteiger partial charge >= 0.3 is 0 Å². The third kappa shape index (κ3) is 3.46. The maximum Gasteiger partial charge on any atom is 0.216 e. The van der Waals surface area contributed by atoms with E-state index >= 15 is 0 Å². The molecular formula is C18H18N4O2S. The average molecular weight is 354 g/mol. The predicted molar refractivity (Wildman–Crippen MR) is 99.9 cm³/mol. The lowest BCUT2D eigenvalue weighted by Crippen LogP contribution is -1.97. The van der Waals surface area contributed by atoms with Gasteiger partial charge in [-0.05, 0) is 43.8 Å². The Morgan fingerprint density at radius 3 is 2.84 bits per heavy atom. The van der Waals surface area contributed by atoms with Crippen molar-refractivity contribution in [3.05, 3.63) is 58.4 Å². The first-order chi connectivity index (χ1) is 12.1. The Labute approximate surface area is 150 Å². The van der Waals surface area contributed by atoms with Gasteiger partial charge in [0.15, 0.2) is 17.3 Å². The first kappa shape index (κ1) is 16.9. The van der Waals surface area contributed by atoms with Crippen LogP contribution in [0.2, 0.25) is 0 Å². The summed E-state index contributed by atoms with van der Waals surface area (Å²) in [5, 5.41) is 21.7. The fourth-order valence-corrected chi connectivity index (χ4v) is 2.61. The van der Waals surface area contributed by atoms with Gasteiger partial charge < -0.3 is 9.84 Å². The maximum absolute atomic E-state index is 10.3. The van der Waals surface area contributed by atoms with Gasteiger partial charge in [-0.3, -0.25) is 0 Å². The van der Waals surface area contributed by atoms with Gasteiger partial charge in [-0.2, -0.15) is 14.9 Å². The van der Waals surface area contributed by atoms with Crippen LogP contribution in [0.1, 0.15) is 18.1 Å². The van der Waals surface area contributed by atoms with Gasteiger partial charge in [0.25, 0.3) is 0 Å². The Balaban J connectivity index is 2.01. The van der Waals surface area contributed by atoms with Crippen molar-refractivity contribution in [2.75, 3.05) is 6.61 Å². The highest BCUT2D eigenvalue weighted by Crippen LogP contribution is 2.29. The highest BCUT2D eigenvalue weighted by Gasteiger charge is 2.11. The zero-order valence-corrected chi connectivity index (χ0v) is 14.7. The van der Waals surface area contributed by atoms with Gasteiger partial charge in [-0.25, -0.2) is 5.10 Å². The number of aryl methyl sites for hydroxylation is 1. The molecule has 3 aromatic rings. The van der Waals surface area contributed by atoms with E-state index in [1.165, 1.54) is 10.9 Å². The third-order valence-corrected chi connectivity index (χ3v) is 3.94. The van der Waals surface area contributed by atoms with E-state index < -0.39 is 0 Å². The molecule has 0 aliphatic rings. The Hall–Kier alpha value is -2.93. The Morgan fingerprint density at radius 2 is 2.08 bits per heavy atom. The van der Waals surface area contributed by atoms with E-state index in [1.54, 1.807) is 18.2 Å². The Bertz CT molecular complexity index is 975. The smallest absolute Gasteiger partial charge is 0.216 e. The van der Waals surface area contributed by atoms with E-state index in [9.17, 15) is 5.11 Å². The monoisotopic (exact) mass is 354 g/mol. The number of benzene rings is 2. The molecule has 0 unspecified atom stereocenters. The van der Waals surface area contributed by atoms with Crippen molar-refractivity contribution in [2.24, 2.45) is 5.10 Å². The maximum atomic E-state index is 10.3. The van der Waals surface area contributed by atoms with Gasteiger partial charge in [-0.1, -0.05) is 30.3 Å². The molecule has 2 aromatic carbocycles. The molecule has 7 heteroatoms. The van der Waals surface area contributed by atoms with Crippen LogP contribution in [-0.2, 0) is 0 Å². The number of H-pyrrole nitrogens is 1. The lowest BCUT2D eigenvalue weighted by atomic mass is 10.1. The number of nitrogens with one attached hydrogen (secondary N) is 1. The fraction of sp³-hybridized carbons (Fsp3) is 0.167. The van der Waals surface area contributed by atoms with Crippen LogP contribution in [0.4, 0.5) is 0 Å². The number of nitrogens with zero attached hydrogens (tertiary/aromatic N) is 3. The molecule has 0 saturated carbocycles. The summed E-state index contributed by atoms with van der Waals surface area (Å²) in [6.45, 7) is 4.33. The van der Waals surface area contributed by atoms with E-state index in [0.29, 0.717) is 28.5 Å². The van der Waals surface area contributed by atoms with E-state index in [2.05, 4.69) is 15.3 Å². The molecule has 0 aliphatic heterocycles. The number of phenols is 1. The van der Waals surface area contributed by atoms with Gasteiger partial charge in [0.1, 0.15) is 0 Å². The molecule has 0 spiro atoms. The molecule has 25 heavy (non-hydrogen) atoms. The minimum Gasteiger partial charge on any atom is -0.504 e. The van der Waals surface area contributed by atoms with Crippen LogP contribution in [0.15, 0.2) is 47.6 Å². The zero-order chi connectivity index (χ0) is 17.8. The van der Waals surface area contributed by atoms with Gasteiger partial charge in [-0.15, -0.1) is 0 Å². The minimum absolute atomic E-state index is 0.0422. The molecule has 3 rings (SSSR count). The van der Waals surface area contributed by atoms with E-state index in [0.717, 1.165) is 11.1 Å². The summed E-state index contributed by atoms with van der Waals surface area (Å²) in [7, 11) is 0. The lowest BCUT2D eigenvalue weighted by Gasteiger charge is -2.07. The summed E-state index contributed by atoms with van der Waals surface area (Å²) in [6, 6.07) is 13.1. The number of para-hydroxylation sites is 1. The molecule has 0 bridgehead atoms. The molecule has 0 atom stereocenters. The zero-order valence-electron chi connectivity index (χ0n) is 13.9. The molecule has 0 amide bonds. The van der Waals surface area contributed by atoms with E-state index in [1.807, 2.05) is 38.1 Å². The van der Waals surface area contributed by atoms with Crippen molar-refractivity contribution in [3.8, 4) is 22.9 Å². The van der Waals surface area contributed by atoms with E-state index in [-0.39, 0.29) is 5.75 Å². The second-order valence-corrected chi connectivity index (χ2v) is 5.74. The number of phenolic OH excluding ortho intramolecular Hbond substituents is 1. The van der Waals surface area contributed by atoms with Crippen molar-refractivity contribution in [1.82, 2.24) is 14.9 Å². The normalized spacial score (nSPS) is 11.1. The number of aromatic hydroxyl groups is 1. The summed E-state index contributed by atoms with van der Waals surface area (Å²) in [5.41, 5.74) is 2.53. The number of ether oxygens (including phenoxy) is 1. The lowest BCUT2D eigenvalue weighted by molar-refractivity contribution is 0.318. The topological polar surface area (TPSA) is 75.4 Å². The molecule has 0 saturated heterocycles. The number of hydrogen-bond donors (Lipinski definition) is 2. The standard InChI is InChI=1S/C18H18N4O2S/c1-3-24-15-10-6-8-13(16(15)23)11-19-22-17(20-21-18(22)25)14-9-5-4-7-12(14)2/h4-11,23H,3H2,1-2H3,(H,21,25)/b19-11-. The number of rotatable bonds is 5. The van der Waals surface area contributed by atoms with Crippen LogP contribution in [-0.4, -0.2) is 32.8 Å². The Morgan fingerprint density at radius 1 is 1.28 bits per heavy atom. The minimum atomic E-state index is 0.0422. The second kappa shape index (κ2) is 7.31. The van der Waals surface area contributed by atoms with Crippen LogP contribution in [0.3, 0.4) is 0 Å². The molecule has 2 N–H and O–H groups in total. The quantitative estimate of drug-likeness (QED) is 0.538. The van der Waals surface area contributed by atoms with Crippen LogP contribution in [0, 0.1) is 11.7 Å². The molecule has 1 heterocycles. The van der Waals surface area contributed by atoms with E-state index in [4.69, 9.17) is 17.0 Å². The number of hydrogen-bond acceptors (Lipinski definition) is 5. The number of aromatic amines is 1. The predicted octanol–water partition coefficient (Wildman–Crippen LogP) is 3.90. The van der Waals surface area contributed by atoms with Crippen molar-refractivity contribution in [3.63, 3.8) is 0 Å².